The summed E-state index contributed by atoms with van der Waals surface area (Å²) in [6.07, 6.45) is 4.35. The third kappa shape index (κ3) is 4.79. The van der Waals surface area contributed by atoms with Gasteiger partial charge in [0.2, 0.25) is 0 Å². The van der Waals surface area contributed by atoms with Crippen LogP contribution in [-0.4, -0.2) is 20.8 Å². The van der Waals surface area contributed by atoms with Gasteiger partial charge in [-0.15, -0.1) is 10.2 Å². The standard InChI is InChI=1S/C21H21BrClN5O/c22-15-5-9-17(10-6-15)24-21(29)28(18-11-7-16(23)8-12-18)14-20-26-25-19-4-2-1-3-13-27(19)20/h5-12H,1-4,13-14H2,(H,24,29). The summed E-state index contributed by atoms with van der Waals surface area (Å²) in [5, 5.41) is 12.3. The Balaban J connectivity index is 1.62. The number of halogens is 2. The Kier molecular flexibility index (Phi) is 6.16. The minimum atomic E-state index is -0.236. The molecule has 29 heavy (non-hydrogen) atoms. The van der Waals surface area contributed by atoms with Crippen molar-refractivity contribution in [3.05, 3.63) is 69.7 Å². The van der Waals surface area contributed by atoms with E-state index in [0.717, 1.165) is 53.3 Å². The van der Waals surface area contributed by atoms with Crippen LogP contribution in [0.5, 0.6) is 0 Å². The van der Waals surface area contributed by atoms with Gasteiger partial charge in [0.1, 0.15) is 5.82 Å². The molecule has 0 saturated heterocycles. The molecule has 2 aromatic carbocycles. The van der Waals surface area contributed by atoms with E-state index in [0.29, 0.717) is 11.6 Å². The maximum absolute atomic E-state index is 13.2. The summed E-state index contributed by atoms with van der Waals surface area (Å²) in [4.78, 5) is 14.8. The number of carbonyl (C=O) groups is 1. The number of hydrogen-bond acceptors (Lipinski definition) is 3. The Morgan fingerprint density at radius 2 is 1.83 bits per heavy atom. The number of aryl methyl sites for hydroxylation is 1. The molecule has 2 heterocycles. The molecule has 1 aliphatic rings. The van der Waals surface area contributed by atoms with Crippen molar-refractivity contribution in [1.82, 2.24) is 14.8 Å². The molecule has 0 atom stereocenters. The summed E-state index contributed by atoms with van der Waals surface area (Å²) in [6, 6.07) is 14.5. The van der Waals surface area contributed by atoms with Crippen LogP contribution in [0.1, 0.15) is 30.9 Å². The summed E-state index contributed by atoms with van der Waals surface area (Å²) >= 11 is 9.46. The van der Waals surface area contributed by atoms with E-state index < -0.39 is 0 Å². The first-order chi connectivity index (χ1) is 14.1. The molecule has 4 rings (SSSR count). The highest BCUT2D eigenvalue weighted by Gasteiger charge is 2.22. The summed E-state index contributed by atoms with van der Waals surface area (Å²) < 4.78 is 3.11. The zero-order valence-corrected chi connectivity index (χ0v) is 18.2. The number of nitrogens with one attached hydrogen (secondary N) is 1. The number of carbonyl (C=O) groups excluding carboxylic acids is 1. The second kappa shape index (κ2) is 8.97. The number of anilines is 2. The summed E-state index contributed by atoms with van der Waals surface area (Å²) in [6.45, 7) is 1.22. The van der Waals surface area contributed by atoms with Crippen LogP contribution in [0.2, 0.25) is 5.02 Å². The molecule has 2 amide bonds. The highest BCUT2D eigenvalue weighted by Crippen LogP contribution is 2.23. The van der Waals surface area contributed by atoms with Crippen molar-refractivity contribution >= 4 is 44.9 Å². The molecule has 0 bridgehead atoms. The van der Waals surface area contributed by atoms with Crippen LogP contribution >= 0.6 is 27.5 Å². The molecule has 0 radical (unpaired) electrons. The van der Waals surface area contributed by atoms with E-state index in [1.54, 1.807) is 17.0 Å². The number of amides is 2. The van der Waals surface area contributed by atoms with E-state index >= 15 is 0 Å². The zero-order chi connectivity index (χ0) is 20.2. The normalized spacial score (nSPS) is 13.4. The predicted octanol–water partition coefficient (Wildman–Crippen LogP) is 5.66. The lowest BCUT2D eigenvalue weighted by atomic mass is 10.2. The monoisotopic (exact) mass is 473 g/mol. The second-order valence-electron chi connectivity index (χ2n) is 6.99. The molecule has 1 aromatic heterocycles. The van der Waals surface area contributed by atoms with Crippen molar-refractivity contribution in [1.29, 1.82) is 0 Å². The number of aromatic nitrogens is 3. The van der Waals surface area contributed by atoms with Gasteiger partial charge in [0.25, 0.3) is 0 Å². The van der Waals surface area contributed by atoms with Gasteiger partial charge in [0, 0.05) is 33.8 Å². The van der Waals surface area contributed by atoms with Crippen molar-refractivity contribution < 1.29 is 4.79 Å². The molecule has 0 spiro atoms. The molecular weight excluding hydrogens is 454 g/mol. The first-order valence-electron chi connectivity index (χ1n) is 9.61. The van der Waals surface area contributed by atoms with E-state index in [1.807, 2.05) is 36.4 Å². The van der Waals surface area contributed by atoms with E-state index in [9.17, 15) is 4.79 Å². The fourth-order valence-corrected chi connectivity index (χ4v) is 3.82. The Morgan fingerprint density at radius 3 is 2.59 bits per heavy atom. The number of rotatable bonds is 4. The Hall–Kier alpha value is -2.38. The smallest absolute Gasteiger partial charge is 0.313 e. The fourth-order valence-electron chi connectivity index (χ4n) is 3.43. The minimum Gasteiger partial charge on any atom is -0.313 e. The van der Waals surface area contributed by atoms with Gasteiger partial charge in [-0.25, -0.2) is 4.79 Å². The van der Waals surface area contributed by atoms with Crippen LogP contribution in [0.15, 0.2) is 53.0 Å². The molecule has 1 N–H and O–H groups in total. The lowest BCUT2D eigenvalue weighted by Gasteiger charge is -2.23. The molecule has 0 saturated carbocycles. The molecule has 8 heteroatoms. The van der Waals surface area contributed by atoms with Crippen LogP contribution in [0.3, 0.4) is 0 Å². The fraction of sp³-hybridized carbons (Fsp3) is 0.286. The lowest BCUT2D eigenvalue weighted by molar-refractivity contribution is 0.256. The maximum atomic E-state index is 13.2. The van der Waals surface area contributed by atoms with Crippen molar-refractivity contribution in [3.8, 4) is 0 Å². The average molecular weight is 475 g/mol. The minimum absolute atomic E-state index is 0.236. The SMILES string of the molecule is O=C(Nc1ccc(Br)cc1)N(Cc1nnc2n1CCCCC2)c1ccc(Cl)cc1. The highest BCUT2D eigenvalue weighted by atomic mass is 79.9. The Bertz CT molecular complexity index is 987. The predicted molar refractivity (Wildman–Crippen MR) is 118 cm³/mol. The van der Waals surface area contributed by atoms with Crippen LogP contribution in [-0.2, 0) is 19.5 Å². The van der Waals surface area contributed by atoms with Crippen molar-refractivity contribution in [3.63, 3.8) is 0 Å². The lowest BCUT2D eigenvalue weighted by Crippen LogP contribution is -2.35. The zero-order valence-electron chi connectivity index (χ0n) is 15.8. The second-order valence-corrected chi connectivity index (χ2v) is 8.35. The Morgan fingerprint density at radius 1 is 1.07 bits per heavy atom. The van der Waals surface area contributed by atoms with Crippen LogP contribution in [0, 0.1) is 0 Å². The van der Waals surface area contributed by atoms with Crippen molar-refractivity contribution in [2.75, 3.05) is 10.2 Å². The van der Waals surface area contributed by atoms with Crippen LogP contribution in [0.25, 0.3) is 0 Å². The van der Waals surface area contributed by atoms with E-state index in [-0.39, 0.29) is 6.03 Å². The van der Waals surface area contributed by atoms with Gasteiger partial charge in [-0.05, 0) is 61.4 Å². The van der Waals surface area contributed by atoms with Crippen molar-refractivity contribution in [2.45, 2.75) is 38.8 Å². The maximum Gasteiger partial charge on any atom is 0.326 e. The number of nitrogens with zero attached hydrogens (tertiary/aromatic N) is 4. The molecule has 0 unspecified atom stereocenters. The molecule has 3 aromatic rings. The van der Waals surface area contributed by atoms with Gasteiger partial charge in [0.15, 0.2) is 5.82 Å². The first kappa shape index (κ1) is 19.9. The molecule has 0 aliphatic carbocycles. The molecule has 150 valence electrons. The molecule has 6 nitrogen and oxygen atoms in total. The van der Waals surface area contributed by atoms with E-state index in [4.69, 9.17) is 11.6 Å². The van der Waals surface area contributed by atoms with Crippen LogP contribution in [0.4, 0.5) is 16.2 Å². The van der Waals surface area contributed by atoms with Crippen LogP contribution < -0.4 is 10.2 Å². The van der Waals surface area contributed by atoms with E-state index in [1.165, 1.54) is 6.42 Å². The quantitative estimate of drug-likeness (QED) is 0.531. The molecule has 0 fully saturated rings. The molecular formula is C21H21BrClN5O. The topological polar surface area (TPSA) is 63.1 Å². The van der Waals surface area contributed by atoms with Crippen molar-refractivity contribution in [2.24, 2.45) is 0 Å². The summed E-state index contributed by atoms with van der Waals surface area (Å²) in [5.74, 6) is 1.80. The van der Waals surface area contributed by atoms with Gasteiger partial charge < -0.3 is 9.88 Å². The Labute approximate surface area is 183 Å². The van der Waals surface area contributed by atoms with E-state index in [2.05, 4.69) is 36.0 Å². The largest absolute Gasteiger partial charge is 0.326 e. The third-order valence-corrected chi connectivity index (χ3v) is 5.75. The first-order valence-corrected chi connectivity index (χ1v) is 10.8. The van der Waals surface area contributed by atoms with Gasteiger partial charge in [0.05, 0.1) is 6.54 Å². The number of fused-ring (bicyclic) bond motifs is 1. The summed E-state index contributed by atoms with van der Waals surface area (Å²) in [7, 11) is 0. The number of urea groups is 1. The van der Waals surface area contributed by atoms with Gasteiger partial charge in [-0.3, -0.25) is 4.90 Å². The number of benzene rings is 2. The third-order valence-electron chi connectivity index (χ3n) is 4.96. The molecule has 1 aliphatic heterocycles. The average Bonchev–Trinajstić information content (AvgIpc) is 2.94. The van der Waals surface area contributed by atoms with Gasteiger partial charge >= 0.3 is 6.03 Å². The van der Waals surface area contributed by atoms with Gasteiger partial charge in [-0.2, -0.15) is 0 Å². The summed E-state index contributed by atoms with van der Waals surface area (Å²) in [5.41, 5.74) is 1.47. The number of hydrogen-bond donors (Lipinski definition) is 1. The highest BCUT2D eigenvalue weighted by molar-refractivity contribution is 9.10. The van der Waals surface area contributed by atoms with Gasteiger partial charge in [-0.1, -0.05) is 34.0 Å².